The topological polar surface area (TPSA) is 58.5 Å². The molecule has 7 heteroatoms. The van der Waals surface area contributed by atoms with Crippen LogP contribution in [0.3, 0.4) is 0 Å². The van der Waals surface area contributed by atoms with Gasteiger partial charge in [-0.2, -0.15) is 0 Å². The van der Waals surface area contributed by atoms with Crippen LogP contribution in [0.2, 0.25) is 0 Å². The molecule has 1 heterocycles. The Hall–Kier alpha value is -1.35. The van der Waals surface area contributed by atoms with Crippen LogP contribution in [0.5, 0.6) is 5.75 Å². The summed E-state index contributed by atoms with van der Waals surface area (Å²) in [5.41, 5.74) is 2.37. The van der Waals surface area contributed by atoms with Crippen LogP contribution in [0, 0.1) is 12.8 Å². The van der Waals surface area contributed by atoms with Gasteiger partial charge in [-0.3, -0.25) is 4.99 Å². The minimum absolute atomic E-state index is 0. The third-order valence-corrected chi connectivity index (χ3v) is 5.56. The van der Waals surface area contributed by atoms with E-state index in [0.717, 1.165) is 41.2 Å². The monoisotopic (exact) mass is 500 g/mol. The minimum Gasteiger partial charge on any atom is -0.493 e. The van der Waals surface area contributed by atoms with Crippen LogP contribution >= 0.6 is 35.3 Å². The number of halogens is 1. The zero-order valence-electron chi connectivity index (χ0n) is 16.2. The van der Waals surface area contributed by atoms with Gasteiger partial charge < -0.3 is 15.4 Å². The van der Waals surface area contributed by atoms with E-state index in [4.69, 9.17) is 4.74 Å². The Balaban J connectivity index is 0.00000261. The maximum absolute atomic E-state index is 6.04. The molecule has 3 rings (SSSR count). The van der Waals surface area contributed by atoms with Gasteiger partial charge in [-0.25, -0.2) is 4.98 Å². The molecular formula is C20H29IN4OS. The number of nitrogens with zero attached hydrogens (tertiary/aromatic N) is 2. The quantitative estimate of drug-likeness (QED) is 0.323. The van der Waals surface area contributed by atoms with Gasteiger partial charge in [-0.15, -0.1) is 35.3 Å². The molecule has 0 bridgehead atoms. The molecule has 1 aromatic heterocycles. The van der Waals surface area contributed by atoms with Crippen LogP contribution < -0.4 is 15.4 Å². The van der Waals surface area contributed by atoms with E-state index in [1.165, 1.54) is 23.3 Å². The molecule has 5 nitrogen and oxygen atoms in total. The van der Waals surface area contributed by atoms with Crippen molar-refractivity contribution in [2.45, 2.75) is 46.2 Å². The van der Waals surface area contributed by atoms with Crippen molar-refractivity contribution in [3.05, 3.63) is 45.4 Å². The van der Waals surface area contributed by atoms with Gasteiger partial charge in [0.05, 0.1) is 13.2 Å². The van der Waals surface area contributed by atoms with Gasteiger partial charge in [0.1, 0.15) is 10.8 Å². The zero-order valence-corrected chi connectivity index (χ0v) is 19.4. The van der Waals surface area contributed by atoms with E-state index in [0.29, 0.717) is 13.1 Å². The molecule has 1 aromatic carbocycles. The fourth-order valence-electron chi connectivity index (χ4n) is 2.59. The van der Waals surface area contributed by atoms with Crippen molar-refractivity contribution in [1.82, 2.24) is 15.6 Å². The summed E-state index contributed by atoms with van der Waals surface area (Å²) in [6, 6.07) is 6.38. The lowest BCUT2D eigenvalue weighted by atomic mass is 10.1. The van der Waals surface area contributed by atoms with Crippen LogP contribution in [0.15, 0.2) is 29.4 Å². The Morgan fingerprint density at radius 3 is 2.74 bits per heavy atom. The van der Waals surface area contributed by atoms with Crippen LogP contribution in [-0.4, -0.2) is 24.6 Å². The highest BCUT2D eigenvalue weighted by Crippen LogP contribution is 2.30. The second-order valence-electron chi connectivity index (χ2n) is 6.72. The number of aryl methyl sites for hydroxylation is 2. The average Bonchev–Trinajstić information content (AvgIpc) is 3.37. The van der Waals surface area contributed by atoms with Crippen molar-refractivity contribution in [2.75, 3.05) is 13.7 Å². The predicted octanol–water partition coefficient (Wildman–Crippen LogP) is 4.29. The van der Waals surface area contributed by atoms with E-state index < -0.39 is 0 Å². The molecule has 27 heavy (non-hydrogen) atoms. The van der Waals surface area contributed by atoms with E-state index in [1.807, 2.05) is 6.20 Å². The van der Waals surface area contributed by atoms with Crippen LogP contribution in [0.25, 0.3) is 0 Å². The second kappa shape index (κ2) is 10.8. The molecule has 1 aliphatic rings. The third kappa shape index (κ3) is 6.95. The third-order valence-electron chi connectivity index (χ3n) is 4.42. The Morgan fingerprint density at radius 2 is 2.07 bits per heavy atom. The van der Waals surface area contributed by atoms with Crippen molar-refractivity contribution < 1.29 is 4.74 Å². The first-order valence-electron chi connectivity index (χ1n) is 9.28. The van der Waals surface area contributed by atoms with Crippen LogP contribution in [-0.2, 0) is 19.5 Å². The predicted molar refractivity (Wildman–Crippen MR) is 123 cm³/mol. The van der Waals surface area contributed by atoms with E-state index >= 15 is 0 Å². The summed E-state index contributed by atoms with van der Waals surface area (Å²) < 4.78 is 6.04. The van der Waals surface area contributed by atoms with Crippen molar-refractivity contribution in [3.63, 3.8) is 0 Å². The fraction of sp³-hybridized carbons (Fsp3) is 0.500. The molecule has 2 N–H and O–H groups in total. The number of benzene rings is 1. The largest absolute Gasteiger partial charge is 0.493 e. The van der Waals surface area contributed by atoms with Gasteiger partial charge in [0.2, 0.25) is 0 Å². The Bertz CT molecular complexity index is 758. The number of ether oxygens (including phenoxy) is 1. The number of aliphatic imine (C=N–C) groups is 1. The molecule has 0 amide bonds. The highest BCUT2D eigenvalue weighted by molar-refractivity contribution is 14.0. The molecule has 0 unspecified atom stereocenters. The SMILES string of the molecule is CCc1cnc(CNC(=NC)NCc2ccc(C)cc2OCC2CC2)s1.I. The lowest BCUT2D eigenvalue weighted by Crippen LogP contribution is -2.36. The Morgan fingerprint density at radius 1 is 1.30 bits per heavy atom. The maximum Gasteiger partial charge on any atom is 0.191 e. The molecule has 0 spiro atoms. The number of hydrogen-bond acceptors (Lipinski definition) is 4. The zero-order chi connectivity index (χ0) is 18.4. The lowest BCUT2D eigenvalue weighted by Gasteiger charge is -2.15. The molecule has 0 radical (unpaired) electrons. The first-order valence-corrected chi connectivity index (χ1v) is 10.1. The molecule has 1 fully saturated rings. The molecule has 0 saturated heterocycles. The maximum atomic E-state index is 6.04. The van der Waals surface area contributed by atoms with Gasteiger partial charge in [0, 0.05) is 30.2 Å². The number of aromatic nitrogens is 1. The summed E-state index contributed by atoms with van der Waals surface area (Å²) in [4.78, 5) is 10.0. The fourth-order valence-corrected chi connectivity index (χ4v) is 3.39. The highest BCUT2D eigenvalue weighted by atomic mass is 127. The number of rotatable bonds is 8. The van der Waals surface area contributed by atoms with E-state index in [-0.39, 0.29) is 24.0 Å². The Labute approximate surface area is 183 Å². The summed E-state index contributed by atoms with van der Waals surface area (Å²) in [5.74, 6) is 2.50. The molecular weight excluding hydrogens is 471 g/mol. The summed E-state index contributed by atoms with van der Waals surface area (Å²) in [5, 5.41) is 7.78. The van der Waals surface area contributed by atoms with Gasteiger partial charge in [0.25, 0.3) is 0 Å². The van der Waals surface area contributed by atoms with Gasteiger partial charge in [0.15, 0.2) is 5.96 Å². The lowest BCUT2D eigenvalue weighted by molar-refractivity contribution is 0.296. The summed E-state index contributed by atoms with van der Waals surface area (Å²) in [7, 11) is 1.79. The highest BCUT2D eigenvalue weighted by Gasteiger charge is 2.22. The van der Waals surface area contributed by atoms with E-state index in [9.17, 15) is 0 Å². The van der Waals surface area contributed by atoms with Crippen molar-refractivity contribution in [3.8, 4) is 5.75 Å². The molecule has 0 aliphatic heterocycles. The van der Waals surface area contributed by atoms with Crippen LogP contribution in [0.1, 0.15) is 40.8 Å². The minimum atomic E-state index is 0. The molecule has 0 atom stereocenters. The molecule has 1 aliphatic carbocycles. The summed E-state index contributed by atoms with van der Waals surface area (Å²) >= 11 is 1.74. The summed E-state index contributed by atoms with van der Waals surface area (Å²) in [6.45, 7) is 6.43. The van der Waals surface area contributed by atoms with Crippen molar-refractivity contribution >= 4 is 41.3 Å². The first kappa shape index (κ1) is 21.9. The number of guanidine groups is 1. The van der Waals surface area contributed by atoms with Gasteiger partial charge in [-0.1, -0.05) is 19.1 Å². The average molecular weight is 500 g/mol. The van der Waals surface area contributed by atoms with Crippen molar-refractivity contribution in [2.24, 2.45) is 10.9 Å². The van der Waals surface area contributed by atoms with Gasteiger partial charge >= 0.3 is 0 Å². The number of hydrogen-bond donors (Lipinski definition) is 2. The smallest absolute Gasteiger partial charge is 0.191 e. The number of nitrogens with one attached hydrogen (secondary N) is 2. The molecule has 2 aromatic rings. The standard InChI is InChI=1S/C20H28N4OS.HI/c1-4-17-11-22-19(26-17)12-24-20(21-3)23-10-16-8-5-14(2)9-18(16)25-13-15-6-7-15;/h5,8-9,11,15H,4,6-7,10,12-13H2,1-3H3,(H2,21,23,24);1H. The molecule has 1 saturated carbocycles. The van der Waals surface area contributed by atoms with Gasteiger partial charge in [-0.05, 0) is 43.7 Å². The van der Waals surface area contributed by atoms with Crippen LogP contribution in [0.4, 0.5) is 0 Å². The normalized spacial score (nSPS) is 13.8. The van der Waals surface area contributed by atoms with E-state index in [2.05, 4.69) is 52.7 Å². The summed E-state index contributed by atoms with van der Waals surface area (Å²) in [6.07, 6.45) is 5.58. The first-order chi connectivity index (χ1) is 12.7. The van der Waals surface area contributed by atoms with Crippen molar-refractivity contribution in [1.29, 1.82) is 0 Å². The van der Waals surface area contributed by atoms with E-state index in [1.54, 1.807) is 18.4 Å². The Kier molecular flexibility index (Phi) is 8.82. The number of thiazole rings is 1. The second-order valence-corrected chi connectivity index (χ2v) is 7.92. The molecule has 148 valence electrons.